The van der Waals surface area contributed by atoms with Crippen molar-refractivity contribution in [2.24, 2.45) is 0 Å². The lowest BCUT2D eigenvalue weighted by Gasteiger charge is -2.43. The van der Waals surface area contributed by atoms with E-state index < -0.39 is 71.8 Å². The molecule has 404 valence electrons. The van der Waals surface area contributed by atoms with Crippen LogP contribution in [0.25, 0.3) is 0 Å². The van der Waals surface area contributed by atoms with Crippen LogP contribution >= 0.6 is 0 Å². The van der Waals surface area contributed by atoms with E-state index in [1.807, 2.05) is 60.7 Å². The van der Waals surface area contributed by atoms with Crippen molar-refractivity contribution >= 4 is 43.4 Å². The van der Waals surface area contributed by atoms with E-state index in [2.05, 4.69) is 146 Å². The van der Waals surface area contributed by atoms with E-state index in [9.17, 15) is 9.90 Å². The first-order chi connectivity index (χ1) is 36.8. The van der Waals surface area contributed by atoms with Gasteiger partial charge in [-0.15, -0.1) is 0 Å². The van der Waals surface area contributed by atoms with Gasteiger partial charge in [0.15, 0.2) is 18.7 Å². The van der Waals surface area contributed by atoms with Gasteiger partial charge in [-0.3, -0.25) is 0 Å². The largest absolute Gasteiger partial charge is 0.450 e. The molecule has 2 aliphatic heterocycles. The van der Waals surface area contributed by atoms with Gasteiger partial charge in [0.25, 0.3) is 16.6 Å². The fraction of sp³-hybridized carbons (Fsp3) is 0.422. The highest BCUT2D eigenvalue weighted by Crippen LogP contribution is 2.41. The molecule has 0 amide bonds. The van der Waals surface area contributed by atoms with Gasteiger partial charge in [0, 0.05) is 6.61 Å². The van der Waals surface area contributed by atoms with Gasteiger partial charge < -0.3 is 42.4 Å². The van der Waals surface area contributed by atoms with Crippen LogP contribution in [0.15, 0.2) is 182 Å². The number of hydrogen-bond acceptors (Lipinski definition) is 10. The number of esters is 1. The minimum absolute atomic E-state index is 0.0470. The summed E-state index contributed by atoms with van der Waals surface area (Å²) in [5.74, 6) is -0.557. The molecule has 2 heterocycles. The maximum absolute atomic E-state index is 14.3. The molecule has 0 spiro atoms. The summed E-state index contributed by atoms with van der Waals surface area (Å²) in [6.07, 6.45) is -1.85. The number of aliphatic hydroxyl groups is 1. The number of aliphatic hydroxyl groups excluding tert-OH is 1. The van der Waals surface area contributed by atoms with Crippen LogP contribution < -0.4 is 20.7 Å². The lowest BCUT2D eigenvalue weighted by molar-refractivity contribution is -0.215. The molecule has 6 aromatic rings. The SMILES string of the molecule is CCCCCCCCO[C@H]1O[C@H](CO[Si](c2ccccc2)(c2ccccc2)C(C)(C)C)[C@@H](O[C@@H]2O[C@H](CO[Si](c3ccccc3)(c3ccccc3)C(C)(C)C)[C@@H](OCc3ccccc3)[C@@H]2O)[C@@H]1OC(=O)c1ccccc1. The molecule has 12 heteroatoms. The van der Waals surface area contributed by atoms with Gasteiger partial charge in [-0.05, 0) is 54.9 Å². The van der Waals surface area contributed by atoms with Gasteiger partial charge in [0.05, 0.1) is 25.4 Å². The van der Waals surface area contributed by atoms with Gasteiger partial charge in [-0.25, -0.2) is 4.79 Å². The van der Waals surface area contributed by atoms with Crippen LogP contribution in [0.1, 0.15) is 103 Å². The zero-order chi connectivity index (χ0) is 53.6. The topological polar surface area (TPSA) is 111 Å². The number of carbonyl (C=O) groups is 1. The van der Waals surface area contributed by atoms with Crippen molar-refractivity contribution in [3.05, 3.63) is 193 Å². The zero-order valence-electron chi connectivity index (χ0n) is 45.6. The second-order valence-electron chi connectivity index (χ2n) is 22.3. The summed E-state index contributed by atoms with van der Waals surface area (Å²) in [5, 5.41) is 16.4. The van der Waals surface area contributed by atoms with Crippen molar-refractivity contribution in [1.29, 1.82) is 0 Å². The molecule has 0 bridgehead atoms. The van der Waals surface area contributed by atoms with E-state index in [0.717, 1.165) is 58.4 Å². The van der Waals surface area contributed by atoms with Crippen LogP contribution in [-0.4, -0.2) is 96.7 Å². The zero-order valence-corrected chi connectivity index (χ0v) is 47.6. The Morgan fingerprint density at radius 3 is 1.37 bits per heavy atom. The predicted octanol–water partition coefficient (Wildman–Crippen LogP) is 10.5. The molecule has 2 aliphatic rings. The van der Waals surface area contributed by atoms with Crippen LogP contribution in [0.5, 0.6) is 0 Å². The Morgan fingerprint density at radius 1 is 0.500 bits per heavy atom. The van der Waals surface area contributed by atoms with Crippen LogP contribution in [0.2, 0.25) is 10.1 Å². The number of carbonyl (C=O) groups excluding carboxylic acids is 1. The number of rotatable bonds is 25. The molecule has 76 heavy (non-hydrogen) atoms. The first-order valence-corrected chi connectivity index (χ1v) is 31.3. The molecule has 2 fully saturated rings. The van der Waals surface area contributed by atoms with Gasteiger partial charge in [-0.1, -0.05) is 250 Å². The Hall–Kier alpha value is -5.10. The number of hydrogen-bond donors (Lipinski definition) is 1. The van der Waals surface area contributed by atoms with Crippen molar-refractivity contribution in [3.8, 4) is 0 Å². The van der Waals surface area contributed by atoms with Crippen LogP contribution in [0, 0.1) is 0 Å². The Balaban J connectivity index is 1.17. The average molecular weight is 1070 g/mol. The van der Waals surface area contributed by atoms with E-state index in [4.69, 9.17) is 37.3 Å². The van der Waals surface area contributed by atoms with E-state index in [-0.39, 0.29) is 29.9 Å². The van der Waals surface area contributed by atoms with Crippen molar-refractivity contribution < 1.29 is 47.2 Å². The molecular formula is C64H80O10Si2. The molecule has 1 N–H and O–H groups in total. The van der Waals surface area contributed by atoms with Crippen molar-refractivity contribution in [2.45, 2.75) is 153 Å². The molecular weight excluding hydrogens is 985 g/mol. The van der Waals surface area contributed by atoms with Crippen molar-refractivity contribution in [3.63, 3.8) is 0 Å². The molecule has 0 aliphatic carbocycles. The summed E-state index contributed by atoms with van der Waals surface area (Å²) in [6.45, 7) is 16.3. The van der Waals surface area contributed by atoms with E-state index in [1.165, 1.54) is 6.42 Å². The molecule has 2 saturated heterocycles. The van der Waals surface area contributed by atoms with Crippen molar-refractivity contribution in [1.82, 2.24) is 0 Å². The van der Waals surface area contributed by atoms with Crippen LogP contribution in [-0.2, 0) is 43.9 Å². The Morgan fingerprint density at radius 2 is 0.908 bits per heavy atom. The van der Waals surface area contributed by atoms with Gasteiger partial charge >= 0.3 is 5.97 Å². The molecule has 8 atom stereocenters. The number of benzene rings is 6. The van der Waals surface area contributed by atoms with E-state index in [1.54, 1.807) is 24.3 Å². The normalized spacial score (nSPS) is 22.2. The summed E-state index contributed by atoms with van der Waals surface area (Å²) in [5.41, 5.74) is 1.31. The summed E-state index contributed by atoms with van der Waals surface area (Å²) in [7, 11) is -6.23. The number of ether oxygens (including phenoxy) is 6. The summed E-state index contributed by atoms with van der Waals surface area (Å²) >= 11 is 0. The average Bonchev–Trinajstić information content (AvgIpc) is 3.94. The third kappa shape index (κ3) is 13.2. The standard InChI is InChI=1S/C64H80O10Si2/c1-8-9-10-11-12-31-44-67-62-59(73-60(66)49-34-21-14-22-35-49)58(55(72-62)47-70-76(64(5,6)7,52-40-27-17-28-41-52)53-42-29-18-30-43-53)74-61-56(65)57(68-45-48-32-19-13-20-33-48)54(71-61)46-69-75(63(2,3)4,50-36-23-15-24-37-50)51-38-25-16-26-39-51/h13-30,32-43,54-59,61-62,65H,8-12,31,44-47H2,1-7H3/t54-,55-,56+,57-,58-,59+,61+,62+/m1/s1. The van der Waals surface area contributed by atoms with E-state index in [0.29, 0.717) is 12.2 Å². The minimum Gasteiger partial charge on any atom is -0.450 e. The highest BCUT2D eigenvalue weighted by atomic mass is 28.4. The highest BCUT2D eigenvalue weighted by Gasteiger charge is 2.57. The molecule has 8 rings (SSSR count). The van der Waals surface area contributed by atoms with Crippen molar-refractivity contribution in [2.75, 3.05) is 19.8 Å². The molecule has 0 unspecified atom stereocenters. The smallest absolute Gasteiger partial charge is 0.338 e. The molecule has 6 aromatic carbocycles. The summed E-state index contributed by atoms with van der Waals surface area (Å²) in [6, 6.07) is 60.6. The van der Waals surface area contributed by atoms with Crippen LogP contribution in [0.3, 0.4) is 0 Å². The monoisotopic (exact) mass is 1060 g/mol. The molecule has 10 nitrogen and oxygen atoms in total. The Bertz CT molecular complexity index is 2560. The summed E-state index contributed by atoms with van der Waals surface area (Å²) in [4.78, 5) is 14.3. The van der Waals surface area contributed by atoms with E-state index >= 15 is 0 Å². The quantitative estimate of drug-likeness (QED) is 0.0338. The predicted molar refractivity (Wildman–Crippen MR) is 305 cm³/mol. The fourth-order valence-electron chi connectivity index (χ4n) is 11.1. The highest BCUT2D eigenvalue weighted by molar-refractivity contribution is 7.00. The minimum atomic E-state index is -3.14. The Kier molecular flexibility index (Phi) is 19.9. The third-order valence-corrected chi connectivity index (χ3v) is 24.9. The van der Waals surface area contributed by atoms with Gasteiger partial charge in [-0.2, -0.15) is 0 Å². The lowest BCUT2D eigenvalue weighted by Crippen LogP contribution is -2.67. The maximum atomic E-state index is 14.3. The second-order valence-corrected chi connectivity index (χ2v) is 30.9. The Labute approximate surface area is 454 Å². The lowest BCUT2D eigenvalue weighted by atomic mass is 10.1. The first kappa shape index (κ1) is 57.1. The molecule has 0 radical (unpaired) electrons. The van der Waals surface area contributed by atoms with Gasteiger partial charge in [0.1, 0.15) is 30.5 Å². The maximum Gasteiger partial charge on any atom is 0.338 e. The second kappa shape index (κ2) is 26.5. The molecule has 0 saturated carbocycles. The first-order valence-electron chi connectivity index (χ1n) is 27.4. The van der Waals surface area contributed by atoms with Gasteiger partial charge in [0.2, 0.25) is 0 Å². The number of unbranched alkanes of at least 4 members (excludes halogenated alkanes) is 5. The summed E-state index contributed by atoms with van der Waals surface area (Å²) < 4.78 is 56.0. The third-order valence-electron chi connectivity index (χ3n) is 14.9. The fourth-order valence-corrected chi connectivity index (χ4v) is 20.3. The van der Waals surface area contributed by atoms with Crippen LogP contribution in [0.4, 0.5) is 0 Å². The molecule has 0 aromatic heterocycles.